The molecule has 2 fully saturated rings. The van der Waals surface area contributed by atoms with Gasteiger partial charge in [0.05, 0.1) is 32.0 Å². The fraction of sp³-hybridized carbons (Fsp3) is 0.595. The smallest absolute Gasteiger partial charge is 0.335 e. The molecule has 48 heavy (non-hydrogen) atoms. The van der Waals surface area contributed by atoms with Crippen LogP contribution in [0.2, 0.25) is 0 Å². The average Bonchev–Trinajstić information content (AvgIpc) is 3.11. The molecule has 0 heterocycles. The molecule has 6 nitrogen and oxygen atoms in total. The largest absolute Gasteiger partial charge is 0.462 e. The Morgan fingerprint density at radius 1 is 0.854 bits per heavy atom. The zero-order chi connectivity index (χ0) is 34.6. The molecular weight excluding hydrogens is 600 g/mol. The molecule has 264 valence electrons. The molecule has 0 spiro atoms. The summed E-state index contributed by atoms with van der Waals surface area (Å²) in [5.41, 5.74) is 8.62. The van der Waals surface area contributed by atoms with Crippen LogP contribution < -0.4 is 0 Å². The van der Waals surface area contributed by atoms with E-state index in [1.54, 1.807) is 0 Å². The van der Waals surface area contributed by atoms with Crippen molar-refractivity contribution in [2.24, 2.45) is 23.7 Å². The van der Waals surface area contributed by atoms with E-state index in [0.29, 0.717) is 17.8 Å². The fourth-order valence-corrected chi connectivity index (χ4v) is 8.07. The van der Waals surface area contributed by atoms with Gasteiger partial charge < -0.3 is 24.8 Å². The summed E-state index contributed by atoms with van der Waals surface area (Å²) in [6, 6.07) is 14.2. The lowest BCUT2D eigenvalue weighted by atomic mass is 9.67. The first-order valence-electron chi connectivity index (χ1n) is 18.4. The molecule has 2 aromatic rings. The van der Waals surface area contributed by atoms with Crippen LogP contribution in [-0.4, -0.2) is 54.0 Å². The second kappa shape index (κ2) is 18.8. The zero-order valence-corrected chi connectivity index (χ0v) is 29.7. The highest BCUT2D eigenvalue weighted by Crippen LogP contribution is 2.45. The molecule has 4 rings (SSSR count). The van der Waals surface area contributed by atoms with Gasteiger partial charge in [0.25, 0.3) is 0 Å². The number of rotatable bonds is 17. The van der Waals surface area contributed by atoms with E-state index in [1.807, 2.05) is 0 Å². The van der Waals surface area contributed by atoms with Gasteiger partial charge in [0.1, 0.15) is 0 Å². The van der Waals surface area contributed by atoms with E-state index in [9.17, 15) is 20.1 Å². The van der Waals surface area contributed by atoms with Gasteiger partial charge in [-0.25, -0.2) is 4.79 Å². The van der Waals surface area contributed by atoms with Gasteiger partial charge in [0.15, 0.2) is 6.29 Å². The molecule has 2 aliphatic carbocycles. The first-order chi connectivity index (χ1) is 23.1. The van der Waals surface area contributed by atoms with Crippen LogP contribution in [0.3, 0.4) is 0 Å². The molecule has 2 aliphatic rings. The third kappa shape index (κ3) is 10.4. The molecule has 2 aromatic carbocycles. The monoisotopic (exact) mass is 660 g/mol. The van der Waals surface area contributed by atoms with Gasteiger partial charge in [-0.05, 0) is 135 Å². The van der Waals surface area contributed by atoms with Crippen molar-refractivity contribution in [2.45, 2.75) is 110 Å². The topological polar surface area (TPSA) is 96.2 Å². The van der Waals surface area contributed by atoms with Crippen LogP contribution in [0.4, 0.5) is 0 Å². The number of ether oxygens (including phenoxy) is 2. The summed E-state index contributed by atoms with van der Waals surface area (Å²) in [6.45, 7) is 13.5. The van der Waals surface area contributed by atoms with Gasteiger partial charge in [-0.15, -0.1) is 0 Å². The Morgan fingerprint density at radius 3 is 2.15 bits per heavy atom. The van der Waals surface area contributed by atoms with Crippen molar-refractivity contribution in [2.75, 3.05) is 26.4 Å². The normalized spacial score (nSPS) is 22.5. The van der Waals surface area contributed by atoms with E-state index >= 15 is 0 Å². The second-order valence-electron chi connectivity index (χ2n) is 14.6. The highest BCUT2D eigenvalue weighted by atomic mass is 16.6. The highest BCUT2D eigenvalue weighted by Gasteiger charge is 2.34. The van der Waals surface area contributed by atoms with E-state index in [0.717, 1.165) is 31.6 Å². The van der Waals surface area contributed by atoms with Gasteiger partial charge >= 0.3 is 5.97 Å². The van der Waals surface area contributed by atoms with Crippen molar-refractivity contribution < 1.29 is 29.6 Å². The predicted molar refractivity (Wildman–Crippen MR) is 194 cm³/mol. The molecule has 6 heteroatoms. The molecule has 0 aliphatic heterocycles. The molecule has 2 atom stereocenters. The number of carbonyl (C=O) groups is 1. The average molecular weight is 661 g/mol. The molecule has 0 amide bonds. The Kier molecular flexibility index (Phi) is 14.9. The lowest BCUT2D eigenvalue weighted by Crippen LogP contribution is -2.33. The van der Waals surface area contributed by atoms with Crippen molar-refractivity contribution in [3.63, 3.8) is 0 Å². The minimum absolute atomic E-state index is 0.0200. The lowest BCUT2D eigenvalue weighted by molar-refractivity contribution is -0.145. The summed E-state index contributed by atoms with van der Waals surface area (Å²) in [4.78, 5) is 12.2. The zero-order valence-electron chi connectivity index (χ0n) is 29.7. The lowest BCUT2D eigenvalue weighted by Gasteiger charge is -2.40. The summed E-state index contributed by atoms with van der Waals surface area (Å²) < 4.78 is 11.1. The van der Waals surface area contributed by atoms with Crippen molar-refractivity contribution >= 4 is 5.97 Å². The predicted octanol–water partition coefficient (Wildman–Crippen LogP) is 8.37. The van der Waals surface area contributed by atoms with E-state index in [-0.39, 0.29) is 36.9 Å². The van der Waals surface area contributed by atoms with E-state index in [1.165, 1.54) is 84.7 Å². The summed E-state index contributed by atoms with van der Waals surface area (Å²) in [7, 11) is 0. The van der Waals surface area contributed by atoms with Gasteiger partial charge in [0.2, 0.25) is 0 Å². The number of benzene rings is 2. The van der Waals surface area contributed by atoms with Crippen molar-refractivity contribution in [1.29, 1.82) is 0 Å². The Balaban J connectivity index is 1.29. The molecule has 2 saturated carbocycles. The quantitative estimate of drug-likeness (QED) is 0.0519. The maximum absolute atomic E-state index is 12.2. The van der Waals surface area contributed by atoms with Crippen molar-refractivity contribution in [3.8, 4) is 11.1 Å². The molecule has 0 bridgehead atoms. The number of aliphatic hydroxyl groups excluding tert-OH is 3. The number of esters is 1. The van der Waals surface area contributed by atoms with Gasteiger partial charge in [-0.2, -0.15) is 0 Å². The van der Waals surface area contributed by atoms with Crippen LogP contribution >= 0.6 is 0 Å². The highest BCUT2D eigenvalue weighted by molar-refractivity contribution is 5.87. The first-order valence-corrected chi connectivity index (χ1v) is 18.4. The van der Waals surface area contributed by atoms with E-state index in [2.05, 4.69) is 70.3 Å². The summed E-state index contributed by atoms with van der Waals surface area (Å²) in [6.07, 6.45) is 13.1. The van der Waals surface area contributed by atoms with Crippen molar-refractivity contribution in [3.05, 3.63) is 83.0 Å². The first kappa shape index (κ1) is 38.0. The number of hydrogen-bond acceptors (Lipinski definition) is 6. The minimum atomic E-state index is -1.26. The Labute approximate surface area is 289 Å². The number of aryl methyl sites for hydroxylation is 3. The summed E-state index contributed by atoms with van der Waals surface area (Å²) in [5, 5.41) is 28.7. The molecule has 0 radical (unpaired) electrons. The van der Waals surface area contributed by atoms with Crippen LogP contribution in [0, 0.1) is 37.5 Å². The third-order valence-electron chi connectivity index (χ3n) is 11.3. The Hall–Kier alpha value is -2.77. The summed E-state index contributed by atoms with van der Waals surface area (Å²) in [5.74, 6) is 1.66. The van der Waals surface area contributed by atoms with E-state index in [4.69, 9.17) is 9.47 Å². The number of unbranched alkanes of at least 4 members (excludes halogenated alkanes) is 2. The molecule has 3 N–H and O–H groups in total. The number of hydrogen-bond donors (Lipinski definition) is 3. The number of aliphatic hydroxyl groups is 3. The fourth-order valence-electron chi connectivity index (χ4n) is 8.07. The van der Waals surface area contributed by atoms with Crippen LogP contribution in [0.25, 0.3) is 11.1 Å². The third-order valence-corrected chi connectivity index (χ3v) is 11.3. The Morgan fingerprint density at radius 2 is 1.54 bits per heavy atom. The molecule has 0 saturated heterocycles. The van der Waals surface area contributed by atoms with Crippen LogP contribution in [0.15, 0.2) is 60.7 Å². The van der Waals surface area contributed by atoms with Crippen LogP contribution in [0.1, 0.15) is 106 Å². The number of carbonyl (C=O) groups excluding carboxylic acids is 1. The second-order valence-corrected chi connectivity index (χ2v) is 14.6. The van der Waals surface area contributed by atoms with Crippen LogP contribution in [-0.2, 0) is 20.7 Å². The summed E-state index contributed by atoms with van der Waals surface area (Å²) >= 11 is 0. The maximum atomic E-state index is 12.2. The standard InChI is InChI=1S/C42H60O6/c1-6-7-8-9-32-10-19-38(22-28(32)2)40-21-20-37(23-29(40)3)35-15-11-33(12-16-35)34-13-17-36(18-14-34)39(26-47-41(45)30(4)24-43)27-48-42(46)31(5)25-44/h10,19-23,33-36,39,41,43-45H,4-9,11-18,24-27H2,1-3H3. The van der Waals surface area contributed by atoms with Crippen molar-refractivity contribution in [1.82, 2.24) is 0 Å². The van der Waals surface area contributed by atoms with Gasteiger partial charge in [-0.3, -0.25) is 0 Å². The minimum Gasteiger partial charge on any atom is -0.462 e. The Bertz CT molecular complexity index is 1350. The molecule has 0 aromatic heterocycles. The molecule has 2 unspecified atom stereocenters. The van der Waals surface area contributed by atoms with Gasteiger partial charge in [-0.1, -0.05) is 69.3 Å². The van der Waals surface area contributed by atoms with Gasteiger partial charge in [0, 0.05) is 11.5 Å². The SMILES string of the molecule is C=C(CO)C(=O)OCC(COC(O)C(=C)CO)C1CCC(C2CCC(c3ccc(-c4ccc(CCCCC)c(C)c4)c(C)c3)CC2)CC1. The maximum Gasteiger partial charge on any atom is 0.335 e. The van der Waals surface area contributed by atoms with Crippen LogP contribution in [0.5, 0.6) is 0 Å². The van der Waals surface area contributed by atoms with E-state index < -0.39 is 18.9 Å². The molecular formula is C42H60O6.